The fourth-order valence-corrected chi connectivity index (χ4v) is 0.843. The Kier molecular flexibility index (Phi) is 1.40. The van der Waals surface area contributed by atoms with Crippen molar-refractivity contribution in [2.45, 2.75) is 6.42 Å². The molecule has 55 valence electrons. The number of nitrogens with one attached hydrogen (secondary N) is 1. The van der Waals surface area contributed by atoms with E-state index in [0.717, 1.165) is 5.69 Å². The lowest BCUT2D eigenvalue weighted by Crippen LogP contribution is -2.12. The minimum Gasteiger partial charge on any atom is -0.348 e. The predicted molar refractivity (Wildman–Crippen MR) is 40.4 cm³/mol. The molecule has 1 aliphatic heterocycles. The first-order chi connectivity index (χ1) is 5.45. The van der Waals surface area contributed by atoms with Crippen LogP contribution in [0.15, 0.2) is 22.7 Å². The van der Waals surface area contributed by atoms with Crippen molar-refractivity contribution in [3.05, 3.63) is 18.2 Å². The first-order valence-electron chi connectivity index (χ1n) is 3.21. The van der Waals surface area contributed by atoms with Crippen molar-refractivity contribution >= 4 is 12.2 Å². The van der Waals surface area contributed by atoms with Gasteiger partial charge in [-0.3, -0.25) is 0 Å². The molecule has 5 heteroatoms. The normalized spacial score (nSPS) is 14.7. The quantitative estimate of drug-likeness (QED) is 0.625. The van der Waals surface area contributed by atoms with Crippen LogP contribution in [0.25, 0.3) is 0 Å². The molecule has 5 nitrogen and oxygen atoms in total. The molecule has 0 fully saturated rings. The molecule has 0 saturated heterocycles. The number of aromatic nitrogens is 2. The fraction of sp³-hybridized carbons (Fsp3) is 0.167. The van der Waals surface area contributed by atoms with Crippen molar-refractivity contribution in [3.8, 4) is 0 Å². The molecule has 0 aromatic carbocycles. The maximum absolute atomic E-state index is 3.92. The fourth-order valence-electron chi connectivity index (χ4n) is 0.843. The van der Waals surface area contributed by atoms with E-state index in [1.807, 2.05) is 0 Å². The Labute approximate surface area is 63.3 Å². The summed E-state index contributed by atoms with van der Waals surface area (Å²) in [5.74, 6) is 0.717. The van der Waals surface area contributed by atoms with Gasteiger partial charge >= 0.3 is 0 Å². The highest BCUT2D eigenvalue weighted by molar-refractivity contribution is 5.95. The average molecular weight is 148 g/mol. The van der Waals surface area contributed by atoms with E-state index in [0.29, 0.717) is 12.3 Å². The molecule has 0 bridgehead atoms. The number of nitrogens with zero attached hydrogens (tertiary/aromatic N) is 4. The third-order valence-corrected chi connectivity index (χ3v) is 1.33. The van der Waals surface area contributed by atoms with E-state index in [9.17, 15) is 0 Å². The van der Waals surface area contributed by atoms with E-state index in [1.54, 1.807) is 12.5 Å². The molecule has 1 N–H and O–H groups in total. The molecule has 0 atom stereocenters. The molecule has 0 amide bonds. The first kappa shape index (κ1) is 6.09. The average Bonchev–Trinajstić information content (AvgIpc) is 2.60. The lowest BCUT2D eigenvalue weighted by atomic mass is 10.3. The van der Waals surface area contributed by atoms with E-state index < -0.39 is 0 Å². The van der Waals surface area contributed by atoms with Gasteiger partial charge in [-0.25, -0.2) is 10.3 Å². The van der Waals surface area contributed by atoms with Gasteiger partial charge in [-0.2, -0.15) is 0 Å². The molecule has 0 spiro atoms. The van der Waals surface area contributed by atoms with Gasteiger partial charge < -0.3 is 4.98 Å². The van der Waals surface area contributed by atoms with Crippen molar-refractivity contribution in [2.75, 3.05) is 0 Å². The van der Waals surface area contributed by atoms with Crippen molar-refractivity contribution in [1.29, 1.82) is 0 Å². The van der Waals surface area contributed by atoms with Gasteiger partial charge in [0, 0.05) is 11.9 Å². The van der Waals surface area contributed by atoms with Gasteiger partial charge in [0.25, 0.3) is 0 Å². The molecular weight excluding hydrogens is 142 g/mol. The molecule has 11 heavy (non-hydrogen) atoms. The molecule has 1 aromatic heterocycles. The van der Waals surface area contributed by atoms with E-state index in [4.69, 9.17) is 0 Å². The Bertz CT molecular complexity index is 284. The van der Waals surface area contributed by atoms with E-state index in [2.05, 4.69) is 25.5 Å². The first-order valence-corrected chi connectivity index (χ1v) is 3.21. The molecule has 1 radical (unpaired) electrons. The Morgan fingerprint density at radius 1 is 1.45 bits per heavy atom. The molecule has 0 unspecified atom stereocenters. The third-order valence-electron chi connectivity index (χ3n) is 1.33. The minimum atomic E-state index is 0.667. The zero-order valence-electron chi connectivity index (χ0n) is 5.73. The van der Waals surface area contributed by atoms with Crippen molar-refractivity contribution in [2.24, 2.45) is 10.2 Å². The summed E-state index contributed by atoms with van der Waals surface area (Å²) in [5, 5.41) is 11.3. The molecule has 1 aliphatic rings. The van der Waals surface area contributed by atoms with Crippen LogP contribution in [0.2, 0.25) is 0 Å². The number of aromatic amines is 1. The largest absolute Gasteiger partial charge is 0.348 e. The van der Waals surface area contributed by atoms with Gasteiger partial charge in [0.1, 0.15) is 6.34 Å². The summed E-state index contributed by atoms with van der Waals surface area (Å²) in [6.07, 6.45) is 5.48. The lowest BCUT2D eigenvalue weighted by Gasteiger charge is -1.92. The standard InChI is InChI=1S/C6H6N5/c1(5-2-7-3-8-5)6-9-4-10-11-6/h2-4H,1H2,(H,7,8). The highest BCUT2D eigenvalue weighted by Crippen LogP contribution is 1.96. The Morgan fingerprint density at radius 3 is 3.09 bits per heavy atom. The van der Waals surface area contributed by atoms with E-state index >= 15 is 0 Å². The van der Waals surface area contributed by atoms with Gasteiger partial charge in [-0.05, 0) is 0 Å². The smallest absolute Gasteiger partial charge is 0.158 e. The van der Waals surface area contributed by atoms with E-state index in [1.165, 1.54) is 6.34 Å². The second-order valence-electron chi connectivity index (χ2n) is 2.13. The van der Waals surface area contributed by atoms with Crippen molar-refractivity contribution < 1.29 is 0 Å². The number of rotatable bonds is 2. The maximum Gasteiger partial charge on any atom is 0.158 e. The third kappa shape index (κ3) is 1.26. The molecule has 1 aromatic rings. The van der Waals surface area contributed by atoms with Gasteiger partial charge in [0.2, 0.25) is 0 Å². The lowest BCUT2D eigenvalue weighted by molar-refractivity contribution is 1.13. The number of H-pyrrole nitrogens is 1. The second kappa shape index (κ2) is 2.53. The van der Waals surface area contributed by atoms with Crippen LogP contribution in [0.3, 0.4) is 0 Å². The summed E-state index contributed by atoms with van der Waals surface area (Å²) in [6, 6.07) is 0. The van der Waals surface area contributed by atoms with Crippen LogP contribution in [-0.4, -0.2) is 22.1 Å². The Morgan fingerprint density at radius 2 is 2.45 bits per heavy atom. The molecule has 0 aliphatic carbocycles. The van der Waals surface area contributed by atoms with Crippen LogP contribution in [0.1, 0.15) is 5.69 Å². The summed E-state index contributed by atoms with van der Waals surface area (Å²) < 4.78 is 0. The summed E-state index contributed by atoms with van der Waals surface area (Å²) >= 11 is 0. The Hall–Kier alpha value is -1.65. The Balaban J connectivity index is 2.02. The van der Waals surface area contributed by atoms with Crippen molar-refractivity contribution in [1.82, 2.24) is 15.3 Å². The van der Waals surface area contributed by atoms with Gasteiger partial charge in [-0.1, -0.05) is 0 Å². The highest BCUT2D eigenvalue weighted by atomic mass is 15.3. The molecular formula is C6H6N5. The summed E-state index contributed by atoms with van der Waals surface area (Å²) in [6.45, 7) is 0. The van der Waals surface area contributed by atoms with Crippen LogP contribution in [0, 0.1) is 0 Å². The maximum atomic E-state index is 3.92. The predicted octanol–water partition coefficient (Wildman–Crippen LogP) is -0.0880. The van der Waals surface area contributed by atoms with Crippen LogP contribution >= 0.6 is 0 Å². The minimum absolute atomic E-state index is 0.667. The van der Waals surface area contributed by atoms with E-state index in [-0.39, 0.29) is 0 Å². The van der Waals surface area contributed by atoms with Gasteiger partial charge in [-0.15, -0.1) is 10.2 Å². The summed E-state index contributed by atoms with van der Waals surface area (Å²) in [5.41, 5.74) is 0.998. The van der Waals surface area contributed by atoms with Crippen molar-refractivity contribution in [3.63, 3.8) is 0 Å². The number of hydrogen-bond donors (Lipinski definition) is 1. The van der Waals surface area contributed by atoms with Gasteiger partial charge in [0.15, 0.2) is 5.84 Å². The topological polar surface area (TPSA) is 67.5 Å². The number of hydrogen-bond acceptors (Lipinski definition) is 3. The second-order valence-corrected chi connectivity index (χ2v) is 2.13. The summed E-state index contributed by atoms with van der Waals surface area (Å²) in [7, 11) is 0. The van der Waals surface area contributed by atoms with Crippen LogP contribution in [0.5, 0.6) is 0 Å². The summed E-state index contributed by atoms with van der Waals surface area (Å²) in [4.78, 5) is 6.83. The van der Waals surface area contributed by atoms with Crippen LogP contribution in [0.4, 0.5) is 0 Å². The number of amidine groups is 1. The van der Waals surface area contributed by atoms with Gasteiger partial charge in [0.05, 0.1) is 12.7 Å². The molecule has 2 rings (SSSR count). The number of imidazole rings is 1. The highest BCUT2D eigenvalue weighted by Gasteiger charge is 2.05. The SMILES string of the molecule is C1=NN=C(Cc2cnc[nH]2)[N]1. The molecule has 2 heterocycles. The molecule has 0 saturated carbocycles. The zero-order chi connectivity index (χ0) is 7.52. The van der Waals surface area contributed by atoms with Crippen LogP contribution < -0.4 is 5.32 Å². The van der Waals surface area contributed by atoms with Crippen LogP contribution in [-0.2, 0) is 6.42 Å². The monoisotopic (exact) mass is 148 g/mol. The zero-order valence-corrected chi connectivity index (χ0v) is 5.73.